The number of nitrogens with one attached hydrogen (secondary N) is 2. The summed E-state index contributed by atoms with van der Waals surface area (Å²) < 4.78 is 4.99. The topological polar surface area (TPSA) is 87.7 Å². The number of benzene rings is 2. The van der Waals surface area contributed by atoms with E-state index in [1.165, 1.54) is 7.11 Å². The van der Waals surface area contributed by atoms with Crippen LogP contribution in [0.5, 0.6) is 11.5 Å². The molecular formula is C17H17ClN2O4. The first-order chi connectivity index (χ1) is 11.4. The molecule has 6 nitrogen and oxygen atoms in total. The number of amides is 2. The summed E-state index contributed by atoms with van der Waals surface area (Å²) in [5.41, 5.74) is 1.69. The van der Waals surface area contributed by atoms with Gasteiger partial charge in [-0.1, -0.05) is 29.8 Å². The Balaban J connectivity index is 2.00. The number of phenolic OH excluding ortho intramolecular Hbond substituents is 1. The molecule has 0 aromatic heterocycles. The van der Waals surface area contributed by atoms with E-state index >= 15 is 0 Å². The number of carbonyl (C=O) groups is 2. The zero-order valence-electron chi connectivity index (χ0n) is 13.2. The molecule has 0 radical (unpaired) electrons. The molecule has 0 bridgehead atoms. The SMILES string of the molecule is COc1cccc(CNC(=O)C(=O)Nc2cc(Cl)ccc2C)c1O. The third kappa shape index (κ3) is 4.17. The Bertz CT molecular complexity index is 777. The highest BCUT2D eigenvalue weighted by Gasteiger charge is 2.16. The Kier molecular flexibility index (Phi) is 5.65. The van der Waals surface area contributed by atoms with E-state index in [1.54, 1.807) is 43.3 Å². The van der Waals surface area contributed by atoms with Gasteiger partial charge < -0.3 is 20.5 Å². The molecule has 0 saturated heterocycles. The van der Waals surface area contributed by atoms with Gasteiger partial charge in [0.1, 0.15) is 0 Å². The first-order valence-corrected chi connectivity index (χ1v) is 7.50. The molecule has 2 aromatic rings. The van der Waals surface area contributed by atoms with Crippen molar-refractivity contribution < 1.29 is 19.4 Å². The summed E-state index contributed by atoms with van der Waals surface area (Å²) in [7, 11) is 1.43. The molecule has 2 amide bonds. The zero-order chi connectivity index (χ0) is 17.7. The third-order valence-corrected chi connectivity index (χ3v) is 3.63. The molecule has 2 aromatic carbocycles. The van der Waals surface area contributed by atoms with E-state index in [9.17, 15) is 14.7 Å². The molecule has 0 saturated carbocycles. The highest BCUT2D eigenvalue weighted by molar-refractivity contribution is 6.40. The third-order valence-electron chi connectivity index (χ3n) is 3.40. The van der Waals surface area contributed by atoms with Crippen molar-refractivity contribution in [2.75, 3.05) is 12.4 Å². The fourth-order valence-electron chi connectivity index (χ4n) is 2.04. The number of carbonyl (C=O) groups excluding carboxylic acids is 2. The Morgan fingerprint density at radius 2 is 1.96 bits per heavy atom. The molecule has 0 aliphatic carbocycles. The number of ether oxygens (including phenoxy) is 1. The van der Waals surface area contributed by atoms with Gasteiger partial charge in [-0.2, -0.15) is 0 Å². The van der Waals surface area contributed by atoms with Crippen LogP contribution >= 0.6 is 11.6 Å². The molecule has 2 rings (SSSR count). The molecule has 24 heavy (non-hydrogen) atoms. The molecule has 126 valence electrons. The van der Waals surface area contributed by atoms with Gasteiger partial charge in [-0.25, -0.2) is 0 Å². The van der Waals surface area contributed by atoms with Gasteiger partial charge >= 0.3 is 11.8 Å². The van der Waals surface area contributed by atoms with Crippen molar-refractivity contribution in [1.29, 1.82) is 0 Å². The summed E-state index contributed by atoms with van der Waals surface area (Å²) in [4.78, 5) is 23.9. The van der Waals surface area contributed by atoms with Crippen molar-refractivity contribution in [2.24, 2.45) is 0 Å². The van der Waals surface area contributed by atoms with Gasteiger partial charge in [0, 0.05) is 22.8 Å². The number of para-hydroxylation sites is 1. The predicted molar refractivity (Wildman–Crippen MR) is 91.3 cm³/mol. The lowest BCUT2D eigenvalue weighted by Crippen LogP contribution is -2.35. The zero-order valence-corrected chi connectivity index (χ0v) is 14.0. The summed E-state index contributed by atoms with van der Waals surface area (Å²) in [5, 5.41) is 15.4. The highest BCUT2D eigenvalue weighted by Crippen LogP contribution is 2.29. The van der Waals surface area contributed by atoms with Gasteiger partial charge in [-0.05, 0) is 30.7 Å². The highest BCUT2D eigenvalue weighted by atomic mass is 35.5. The normalized spacial score (nSPS) is 10.1. The lowest BCUT2D eigenvalue weighted by molar-refractivity contribution is -0.136. The minimum atomic E-state index is -0.823. The average molecular weight is 349 g/mol. The Labute approximate surface area is 144 Å². The number of anilines is 1. The van der Waals surface area contributed by atoms with Gasteiger partial charge in [0.25, 0.3) is 0 Å². The molecule has 0 atom stereocenters. The van der Waals surface area contributed by atoms with Gasteiger partial charge in [0.05, 0.1) is 7.11 Å². The number of rotatable bonds is 4. The fourth-order valence-corrected chi connectivity index (χ4v) is 2.21. The van der Waals surface area contributed by atoms with Crippen LogP contribution in [-0.4, -0.2) is 24.0 Å². The van der Waals surface area contributed by atoms with Gasteiger partial charge in [0.2, 0.25) is 0 Å². The number of hydrogen-bond acceptors (Lipinski definition) is 4. The van der Waals surface area contributed by atoms with E-state index < -0.39 is 11.8 Å². The summed E-state index contributed by atoms with van der Waals surface area (Å²) in [6.45, 7) is 1.78. The van der Waals surface area contributed by atoms with Crippen molar-refractivity contribution in [2.45, 2.75) is 13.5 Å². The van der Waals surface area contributed by atoms with E-state index in [0.29, 0.717) is 22.0 Å². The average Bonchev–Trinajstić information content (AvgIpc) is 2.56. The second-order valence-corrected chi connectivity index (χ2v) is 5.50. The van der Waals surface area contributed by atoms with Crippen LogP contribution in [0, 0.1) is 6.92 Å². The van der Waals surface area contributed by atoms with Crippen LogP contribution in [0.1, 0.15) is 11.1 Å². The minimum absolute atomic E-state index is 0.0101. The van der Waals surface area contributed by atoms with Gasteiger partial charge in [-0.3, -0.25) is 9.59 Å². The number of aromatic hydroxyl groups is 1. The van der Waals surface area contributed by atoms with Crippen LogP contribution in [0.2, 0.25) is 5.02 Å². The maximum Gasteiger partial charge on any atom is 0.313 e. The first kappa shape index (κ1) is 17.6. The van der Waals surface area contributed by atoms with Crippen LogP contribution < -0.4 is 15.4 Å². The van der Waals surface area contributed by atoms with Crippen molar-refractivity contribution in [3.63, 3.8) is 0 Å². The van der Waals surface area contributed by atoms with Crippen molar-refractivity contribution in [1.82, 2.24) is 5.32 Å². The second-order valence-electron chi connectivity index (χ2n) is 5.06. The summed E-state index contributed by atoms with van der Waals surface area (Å²) in [5.74, 6) is -1.42. The number of aryl methyl sites for hydroxylation is 1. The standard InChI is InChI=1S/C17H17ClN2O4/c1-10-6-7-12(18)8-13(10)20-17(23)16(22)19-9-11-4-3-5-14(24-2)15(11)21/h3-8,21H,9H2,1-2H3,(H,19,22)(H,20,23). The Morgan fingerprint density at radius 1 is 1.21 bits per heavy atom. The van der Waals surface area contributed by atoms with E-state index in [0.717, 1.165) is 5.56 Å². The monoisotopic (exact) mass is 348 g/mol. The molecular weight excluding hydrogens is 332 g/mol. The number of methoxy groups -OCH3 is 1. The van der Waals surface area contributed by atoms with Crippen LogP contribution in [-0.2, 0) is 16.1 Å². The Morgan fingerprint density at radius 3 is 2.67 bits per heavy atom. The van der Waals surface area contributed by atoms with Gasteiger partial charge in [0.15, 0.2) is 11.5 Å². The van der Waals surface area contributed by atoms with E-state index in [1.807, 2.05) is 0 Å². The van der Waals surface area contributed by atoms with Crippen molar-refractivity contribution in [3.05, 3.63) is 52.5 Å². The predicted octanol–water partition coefficient (Wildman–Crippen LogP) is 2.62. The maximum absolute atomic E-state index is 12.0. The van der Waals surface area contributed by atoms with Crippen molar-refractivity contribution >= 4 is 29.1 Å². The van der Waals surface area contributed by atoms with Gasteiger partial charge in [-0.15, -0.1) is 0 Å². The second kappa shape index (κ2) is 7.70. The molecule has 0 aliphatic heterocycles. The Hall–Kier alpha value is -2.73. The summed E-state index contributed by atoms with van der Waals surface area (Å²) in [6, 6.07) is 9.89. The fraction of sp³-hybridized carbons (Fsp3) is 0.176. The van der Waals surface area contributed by atoms with Crippen LogP contribution in [0.25, 0.3) is 0 Å². The lowest BCUT2D eigenvalue weighted by Gasteiger charge is -2.11. The molecule has 0 spiro atoms. The minimum Gasteiger partial charge on any atom is -0.504 e. The smallest absolute Gasteiger partial charge is 0.313 e. The lowest BCUT2D eigenvalue weighted by atomic mass is 10.2. The molecule has 0 heterocycles. The first-order valence-electron chi connectivity index (χ1n) is 7.12. The maximum atomic E-state index is 12.0. The van der Waals surface area contributed by atoms with Crippen LogP contribution in [0.3, 0.4) is 0 Å². The quantitative estimate of drug-likeness (QED) is 0.741. The summed E-state index contributed by atoms with van der Waals surface area (Å²) in [6.07, 6.45) is 0. The summed E-state index contributed by atoms with van der Waals surface area (Å²) >= 11 is 5.88. The van der Waals surface area contributed by atoms with Crippen LogP contribution in [0.4, 0.5) is 5.69 Å². The number of hydrogen-bond donors (Lipinski definition) is 3. The number of phenols is 1. The number of halogens is 1. The molecule has 3 N–H and O–H groups in total. The molecule has 0 aliphatic rings. The van der Waals surface area contributed by atoms with E-state index in [-0.39, 0.29) is 12.3 Å². The van der Waals surface area contributed by atoms with E-state index in [2.05, 4.69) is 10.6 Å². The molecule has 0 unspecified atom stereocenters. The van der Waals surface area contributed by atoms with Crippen LogP contribution in [0.15, 0.2) is 36.4 Å². The largest absolute Gasteiger partial charge is 0.504 e. The van der Waals surface area contributed by atoms with E-state index in [4.69, 9.17) is 16.3 Å². The molecule has 7 heteroatoms. The molecule has 0 fully saturated rings. The van der Waals surface area contributed by atoms with Crippen molar-refractivity contribution in [3.8, 4) is 11.5 Å².